The quantitative estimate of drug-likeness (QED) is 0.819. The molecular weight excluding hydrogens is 288 g/mol. The third kappa shape index (κ3) is 2.44. The Morgan fingerprint density at radius 3 is 2.90 bits per heavy atom. The molecule has 1 atom stereocenters. The summed E-state index contributed by atoms with van der Waals surface area (Å²) in [5, 5.41) is 0.286. The summed E-state index contributed by atoms with van der Waals surface area (Å²) in [5.41, 5.74) is 1.11. The second kappa shape index (κ2) is 4.88. The SMILES string of the molecule is O=c1cc(Cl)nc(C2CC2)n1CC1Cc2ccccc2O1. The van der Waals surface area contributed by atoms with Gasteiger partial charge in [0.05, 0.1) is 6.54 Å². The first-order valence-corrected chi connectivity index (χ1v) is 7.60. The largest absolute Gasteiger partial charge is 0.488 e. The van der Waals surface area contributed by atoms with Crippen molar-refractivity contribution >= 4 is 11.6 Å². The molecule has 1 aliphatic heterocycles. The third-order valence-electron chi connectivity index (χ3n) is 4.05. The summed E-state index contributed by atoms with van der Waals surface area (Å²) < 4.78 is 7.67. The number of hydrogen-bond acceptors (Lipinski definition) is 3. The lowest BCUT2D eigenvalue weighted by molar-refractivity contribution is 0.205. The Morgan fingerprint density at radius 1 is 1.33 bits per heavy atom. The third-order valence-corrected chi connectivity index (χ3v) is 4.24. The van der Waals surface area contributed by atoms with E-state index in [1.54, 1.807) is 4.57 Å². The van der Waals surface area contributed by atoms with Crippen LogP contribution in [0.1, 0.15) is 30.1 Å². The zero-order valence-electron chi connectivity index (χ0n) is 11.5. The number of fused-ring (bicyclic) bond motifs is 1. The van der Waals surface area contributed by atoms with Crippen LogP contribution in [0.15, 0.2) is 35.1 Å². The van der Waals surface area contributed by atoms with Crippen molar-refractivity contribution in [1.82, 2.24) is 9.55 Å². The number of para-hydroxylation sites is 1. The Hall–Kier alpha value is -1.81. The molecule has 2 aliphatic rings. The molecule has 0 bridgehead atoms. The molecule has 1 saturated carbocycles. The number of hydrogen-bond donors (Lipinski definition) is 0. The van der Waals surface area contributed by atoms with Crippen LogP contribution in [0.3, 0.4) is 0 Å². The fraction of sp³-hybridized carbons (Fsp3) is 0.375. The van der Waals surface area contributed by atoms with Crippen LogP contribution >= 0.6 is 11.6 Å². The van der Waals surface area contributed by atoms with Gasteiger partial charge in [-0.15, -0.1) is 0 Å². The van der Waals surface area contributed by atoms with Gasteiger partial charge in [-0.25, -0.2) is 4.98 Å². The maximum Gasteiger partial charge on any atom is 0.255 e. The monoisotopic (exact) mass is 302 g/mol. The molecule has 21 heavy (non-hydrogen) atoms. The van der Waals surface area contributed by atoms with Gasteiger partial charge in [-0.2, -0.15) is 0 Å². The number of benzene rings is 1. The van der Waals surface area contributed by atoms with Crippen molar-refractivity contribution < 1.29 is 4.74 Å². The molecule has 4 nitrogen and oxygen atoms in total. The van der Waals surface area contributed by atoms with Crippen molar-refractivity contribution in [2.75, 3.05) is 0 Å². The van der Waals surface area contributed by atoms with E-state index in [0.29, 0.717) is 12.5 Å². The maximum absolute atomic E-state index is 12.2. The standard InChI is InChI=1S/C16H15ClN2O2/c17-14-8-15(20)19(16(18-14)10-5-6-10)9-12-7-11-3-1-2-4-13(11)21-12/h1-4,8,10,12H,5-7,9H2. The van der Waals surface area contributed by atoms with Crippen LogP contribution in [-0.4, -0.2) is 15.7 Å². The first kappa shape index (κ1) is 12.9. The van der Waals surface area contributed by atoms with Crippen LogP contribution in [0.4, 0.5) is 0 Å². The smallest absolute Gasteiger partial charge is 0.255 e. The van der Waals surface area contributed by atoms with Crippen molar-refractivity contribution in [2.45, 2.75) is 37.8 Å². The van der Waals surface area contributed by atoms with Gasteiger partial charge in [0.15, 0.2) is 0 Å². The van der Waals surface area contributed by atoms with E-state index in [1.807, 2.05) is 18.2 Å². The molecule has 0 spiro atoms. The molecule has 0 radical (unpaired) electrons. The fourth-order valence-corrected chi connectivity index (χ4v) is 3.07. The average Bonchev–Trinajstić information content (AvgIpc) is 3.21. The van der Waals surface area contributed by atoms with Crippen molar-refractivity contribution in [3.63, 3.8) is 0 Å². The molecule has 0 saturated heterocycles. The Morgan fingerprint density at radius 2 is 2.14 bits per heavy atom. The Labute approximate surface area is 127 Å². The van der Waals surface area contributed by atoms with E-state index in [0.717, 1.165) is 30.8 Å². The van der Waals surface area contributed by atoms with Crippen molar-refractivity contribution in [3.8, 4) is 5.75 Å². The molecule has 108 valence electrons. The summed E-state index contributed by atoms with van der Waals surface area (Å²) in [6, 6.07) is 9.40. The Bertz CT molecular complexity index is 727. The van der Waals surface area contributed by atoms with Crippen LogP contribution in [0.5, 0.6) is 5.75 Å². The molecule has 1 aliphatic carbocycles. The summed E-state index contributed by atoms with van der Waals surface area (Å²) in [6.07, 6.45) is 2.98. The molecule has 0 amide bonds. The second-order valence-electron chi connectivity index (χ2n) is 5.71. The molecule has 0 N–H and O–H groups in total. The molecule has 4 rings (SSSR count). The van der Waals surface area contributed by atoms with Gasteiger partial charge in [-0.1, -0.05) is 29.8 Å². The fourth-order valence-electron chi connectivity index (χ4n) is 2.89. The second-order valence-corrected chi connectivity index (χ2v) is 6.10. The molecule has 1 unspecified atom stereocenters. The highest BCUT2D eigenvalue weighted by molar-refractivity contribution is 6.29. The molecule has 1 aromatic heterocycles. The topological polar surface area (TPSA) is 44.1 Å². The normalized spacial score (nSPS) is 20.1. The average molecular weight is 303 g/mol. The molecule has 2 aromatic rings. The molecule has 1 fully saturated rings. The van der Waals surface area contributed by atoms with Gasteiger partial charge in [-0.3, -0.25) is 9.36 Å². The summed E-state index contributed by atoms with van der Waals surface area (Å²) in [6.45, 7) is 0.531. The first-order chi connectivity index (χ1) is 10.2. The van der Waals surface area contributed by atoms with E-state index < -0.39 is 0 Å². The van der Waals surface area contributed by atoms with Gasteiger partial charge < -0.3 is 4.74 Å². The highest BCUT2D eigenvalue weighted by atomic mass is 35.5. The number of ether oxygens (including phenoxy) is 1. The van der Waals surface area contributed by atoms with Crippen LogP contribution < -0.4 is 10.3 Å². The number of aromatic nitrogens is 2. The van der Waals surface area contributed by atoms with Crippen LogP contribution in [0.2, 0.25) is 5.15 Å². The van der Waals surface area contributed by atoms with Gasteiger partial charge in [0, 0.05) is 18.4 Å². The van der Waals surface area contributed by atoms with E-state index in [1.165, 1.54) is 11.6 Å². The minimum atomic E-state index is -0.0866. The first-order valence-electron chi connectivity index (χ1n) is 7.22. The lowest BCUT2D eigenvalue weighted by Gasteiger charge is -2.16. The summed E-state index contributed by atoms with van der Waals surface area (Å²) in [5.74, 6) is 2.11. The van der Waals surface area contributed by atoms with E-state index in [4.69, 9.17) is 16.3 Å². The van der Waals surface area contributed by atoms with Crippen LogP contribution in [0, 0.1) is 0 Å². The van der Waals surface area contributed by atoms with Crippen LogP contribution in [0.25, 0.3) is 0 Å². The van der Waals surface area contributed by atoms with Crippen molar-refractivity contribution in [3.05, 3.63) is 57.2 Å². The van der Waals surface area contributed by atoms with Crippen molar-refractivity contribution in [2.24, 2.45) is 0 Å². The minimum absolute atomic E-state index is 0.0134. The van der Waals surface area contributed by atoms with Gasteiger partial charge in [0.25, 0.3) is 5.56 Å². The van der Waals surface area contributed by atoms with Gasteiger partial charge in [0.2, 0.25) is 0 Å². The van der Waals surface area contributed by atoms with E-state index in [2.05, 4.69) is 11.1 Å². The van der Waals surface area contributed by atoms with Gasteiger partial charge in [0.1, 0.15) is 22.8 Å². The van der Waals surface area contributed by atoms with E-state index >= 15 is 0 Å². The Kier molecular flexibility index (Phi) is 3.00. The van der Waals surface area contributed by atoms with E-state index in [9.17, 15) is 4.79 Å². The van der Waals surface area contributed by atoms with Crippen molar-refractivity contribution in [1.29, 1.82) is 0 Å². The lowest BCUT2D eigenvalue weighted by atomic mass is 10.1. The molecular formula is C16H15ClN2O2. The molecule has 2 heterocycles. The summed E-state index contributed by atoms with van der Waals surface area (Å²) >= 11 is 5.93. The summed E-state index contributed by atoms with van der Waals surface area (Å²) in [7, 11) is 0. The zero-order chi connectivity index (χ0) is 14.4. The summed E-state index contributed by atoms with van der Waals surface area (Å²) in [4.78, 5) is 16.6. The van der Waals surface area contributed by atoms with E-state index in [-0.39, 0.29) is 16.8 Å². The molecule has 1 aromatic carbocycles. The number of nitrogens with zero attached hydrogens (tertiary/aromatic N) is 2. The highest BCUT2D eigenvalue weighted by Gasteiger charge is 2.31. The lowest BCUT2D eigenvalue weighted by Crippen LogP contribution is -2.31. The zero-order valence-corrected chi connectivity index (χ0v) is 12.2. The maximum atomic E-state index is 12.2. The molecule has 5 heteroatoms. The number of rotatable bonds is 3. The van der Waals surface area contributed by atoms with Crippen LogP contribution in [-0.2, 0) is 13.0 Å². The highest BCUT2D eigenvalue weighted by Crippen LogP contribution is 2.39. The Balaban J connectivity index is 1.63. The predicted octanol–water partition coefficient (Wildman–Crippen LogP) is 2.78. The number of halogens is 1. The predicted molar refractivity (Wildman–Crippen MR) is 80.0 cm³/mol. The van der Waals surface area contributed by atoms with Gasteiger partial charge in [-0.05, 0) is 24.5 Å². The van der Waals surface area contributed by atoms with Gasteiger partial charge >= 0.3 is 0 Å². The minimum Gasteiger partial charge on any atom is -0.488 e.